The summed E-state index contributed by atoms with van der Waals surface area (Å²) in [5.74, 6) is -0.304. The molecule has 0 radical (unpaired) electrons. The average molecular weight is 405 g/mol. The number of amides is 2. The Hall–Kier alpha value is -3.12. The standard InChI is InChI=1S/C24H28N4O2/c1-17-13-19-5-2-3-7-22(19)28(17)16-23(29)26-21-10-8-18(9-11-21)14-27-12-4-6-20(15-27)24(25)30/h2-3,5,7-11,13,20H,4,6,12,14-16H2,1H3,(H2,25,30)(H,26,29). The maximum atomic E-state index is 12.6. The fourth-order valence-corrected chi connectivity index (χ4v) is 4.29. The van der Waals surface area contributed by atoms with E-state index >= 15 is 0 Å². The van der Waals surface area contributed by atoms with E-state index in [-0.39, 0.29) is 24.3 Å². The normalized spacial score (nSPS) is 17.2. The van der Waals surface area contributed by atoms with Crippen LogP contribution in [0.4, 0.5) is 5.69 Å². The lowest BCUT2D eigenvalue weighted by Gasteiger charge is -2.31. The van der Waals surface area contributed by atoms with Crippen molar-refractivity contribution >= 4 is 28.4 Å². The molecule has 2 heterocycles. The van der Waals surface area contributed by atoms with Gasteiger partial charge in [0.1, 0.15) is 6.54 Å². The molecule has 4 rings (SSSR count). The van der Waals surface area contributed by atoms with Gasteiger partial charge < -0.3 is 15.6 Å². The molecule has 156 valence electrons. The van der Waals surface area contributed by atoms with Gasteiger partial charge in [-0.25, -0.2) is 0 Å². The predicted molar refractivity (Wildman–Crippen MR) is 119 cm³/mol. The number of benzene rings is 2. The van der Waals surface area contributed by atoms with Crippen LogP contribution in [-0.2, 0) is 22.7 Å². The van der Waals surface area contributed by atoms with Crippen LogP contribution in [0.15, 0.2) is 54.6 Å². The molecule has 6 nitrogen and oxygen atoms in total. The maximum absolute atomic E-state index is 12.6. The Morgan fingerprint density at radius 3 is 2.67 bits per heavy atom. The van der Waals surface area contributed by atoms with Gasteiger partial charge >= 0.3 is 0 Å². The number of piperidine rings is 1. The van der Waals surface area contributed by atoms with Crippen LogP contribution < -0.4 is 11.1 Å². The molecule has 1 atom stereocenters. The third-order valence-electron chi connectivity index (χ3n) is 5.87. The van der Waals surface area contributed by atoms with Crippen molar-refractivity contribution in [1.29, 1.82) is 0 Å². The predicted octanol–water partition coefficient (Wildman–Crippen LogP) is 3.29. The maximum Gasteiger partial charge on any atom is 0.244 e. The second-order valence-corrected chi connectivity index (χ2v) is 8.15. The highest BCUT2D eigenvalue weighted by molar-refractivity contribution is 5.92. The molecule has 1 saturated heterocycles. The number of fused-ring (bicyclic) bond motifs is 1. The molecule has 0 spiro atoms. The summed E-state index contributed by atoms with van der Waals surface area (Å²) in [4.78, 5) is 26.3. The number of nitrogens with zero attached hydrogens (tertiary/aromatic N) is 2. The lowest BCUT2D eigenvalue weighted by molar-refractivity contribution is -0.123. The highest BCUT2D eigenvalue weighted by Gasteiger charge is 2.23. The molecule has 1 aliphatic heterocycles. The summed E-state index contributed by atoms with van der Waals surface area (Å²) in [6, 6.07) is 18.1. The smallest absolute Gasteiger partial charge is 0.244 e. The van der Waals surface area contributed by atoms with Crippen molar-refractivity contribution in [3.05, 3.63) is 65.9 Å². The van der Waals surface area contributed by atoms with Crippen LogP contribution in [0.2, 0.25) is 0 Å². The average Bonchev–Trinajstić information content (AvgIpc) is 3.05. The second-order valence-electron chi connectivity index (χ2n) is 8.15. The van der Waals surface area contributed by atoms with Gasteiger partial charge in [0.15, 0.2) is 0 Å². The number of carbonyl (C=O) groups is 2. The van der Waals surface area contributed by atoms with E-state index in [9.17, 15) is 9.59 Å². The summed E-state index contributed by atoms with van der Waals surface area (Å²) in [6.45, 7) is 4.78. The molecular formula is C24H28N4O2. The van der Waals surface area contributed by atoms with Gasteiger partial charge in [-0.15, -0.1) is 0 Å². The molecule has 1 fully saturated rings. The Morgan fingerprint density at radius 1 is 1.13 bits per heavy atom. The molecule has 1 aliphatic rings. The molecule has 30 heavy (non-hydrogen) atoms. The van der Waals surface area contributed by atoms with Gasteiger partial charge in [-0.3, -0.25) is 14.5 Å². The number of rotatable bonds is 6. The minimum atomic E-state index is -0.205. The monoisotopic (exact) mass is 404 g/mol. The number of anilines is 1. The summed E-state index contributed by atoms with van der Waals surface area (Å²) in [7, 11) is 0. The van der Waals surface area contributed by atoms with Crippen molar-refractivity contribution in [1.82, 2.24) is 9.47 Å². The van der Waals surface area contributed by atoms with Gasteiger partial charge in [-0.05, 0) is 61.5 Å². The number of carbonyl (C=O) groups excluding carboxylic acids is 2. The fourth-order valence-electron chi connectivity index (χ4n) is 4.29. The zero-order chi connectivity index (χ0) is 21.1. The van der Waals surface area contributed by atoms with Crippen LogP contribution >= 0.6 is 0 Å². The van der Waals surface area contributed by atoms with Gasteiger partial charge in [-0.2, -0.15) is 0 Å². The molecule has 1 unspecified atom stereocenters. The molecule has 6 heteroatoms. The van der Waals surface area contributed by atoms with E-state index in [1.54, 1.807) is 0 Å². The van der Waals surface area contributed by atoms with Crippen molar-refractivity contribution in [3.63, 3.8) is 0 Å². The number of likely N-dealkylation sites (tertiary alicyclic amines) is 1. The minimum absolute atomic E-state index is 0.0486. The van der Waals surface area contributed by atoms with Crippen molar-refractivity contribution in [2.45, 2.75) is 32.9 Å². The fraction of sp³-hybridized carbons (Fsp3) is 0.333. The highest BCUT2D eigenvalue weighted by Crippen LogP contribution is 2.21. The molecule has 0 aliphatic carbocycles. The van der Waals surface area contributed by atoms with Crippen molar-refractivity contribution in [3.8, 4) is 0 Å². The molecule has 2 amide bonds. The number of nitrogens with two attached hydrogens (primary N) is 1. The van der Waals surface area contributed by atoms with E-state index in [0.717, 1.165) is 60.3 Å². The van der Waals surface area contributed by atoms with Crippen LogP contribution in [0.5, 0.6) is 0 Å². The quantitative estimate of drug-likeness (QED) is 0.662. The number of hydrogen-bond donors (Lipinski definition) is 2. The van der Waals surface area contributed by atoms with E-state index in [0.29, 0.717) is 0 Å². The van der Waals surface area contributed by atoms with Gasteiger partial charge in [0.25, 0.3) is 0 Å². The first-order chi connectivity index (χ1) is 14.5. The number of para-hydroxylation sites is 1. The third-order valence-corrected chi connectivity index (χ3v) is 5.87. The Morgan fingerprint density at radius 2 is 1.90 bits per heavy atom. The minimum Gasteiger partial charge on any atom is -0.369 e. The van der Waals surface area contributed by atoms with Gasteiger partial charge in [0, 0.05) is 30.0 Å². The van der Waals surface area contributed by atoms with E-state index in [4.69, 9.17) is 5.73 Å². The van der Waals surface area contributed by atoms with E-state index in [1.165, 1.54) is 0 Å². The Balaban J connectivity index is 1.35. The molecule has 0 bridgehead atoms. The first-order valence-corrected chi connectivity index (χ1v) is 10.4. The first-order valence-electron chi connectivity index (χ1n) is 10.4. The summed E-state index contributed by atoms with van der Waals surface area (Å²) < 4.78 is 2.03. The van der Waals surface area contributed by atoms with E-state index in [2.05, 4.69) is 22.3 Å². The van der Waals surface area contributed by atoms with Crippen LogP contribution in [0.25, 0.3) is 10.9 Å². The Kier molecular flexibility index (Phi) is 5.86. The van der Waals surface area contributed by atoms with E-state index < -0.39 is 0 Å². The summed E-state index contributed by atoms with van der Waals surface area (Å²) in [5.41, 5.74) is 9.54. The largest absolute Gasteiger partial charge is 0.369 e. The lowest BCUT2D eigenvalue weighted by Crippen LogP contribution is -2.40. The first kappa shape index (κ1) is 20.2. The van der Waals surface area contributed by atoms with E-state index in [1.807, 2.05) is 54.0 Å². The lowest BCUT2D eigenvalue weighted by atomic mass is 9.97. The number of hydrogen-bond acceptors (Lipinski definition) is 3. The van der Waals surface area contributed by atoms with Gasteiger partial charge in [0.05, 0.1) is 5.92 Å². The summed E-state index contributed by atoms with van der Waals surface area (Å²) >= 11 is 0. The number of aryl methyl sites for hydroxylation is 1. The Bertz CT molecular complexity index is 1050. The van der Waals surface area contributed by atoms with Gasteiger partial charge in [-0.1, -0.05) is 30.3 Å². The second kappa shape index (κ2) is 8.71. The van der Waals surface area contributed by atoms with Crippen molar-refractivity contribution in [2.75, 3.05) is 18.4 Å². The van der Waals surface area contributed by atoms with Crippen LogP contribution in [0.1, 0.15) is 24.1 Å². The van der Waals surface area contributed by atoms with Crippen molar-refractivity contribution in [2.24, 2.45) is 11.7 Å². The number of primary amides is 1. The molecule has 3 aromatic rings. The highest BCUT2D eigenvalue weighted by atomic mass is 16.2. The zero-order valence-electron chi connectivity index (χ0n) is 17.3. The topological polar surface area (TPSA) is 80.4 Å². The van der Waals surface area contributed by atoms with Crippen LogP contribution in [0, 0.1) is 12.8 Å². The SMILES string of the molecule is Cc1cc2ccccc2n1CC(=O)Nc1ccc(CN2CCCC(C(N)=O)C2)cc1. The third kappa shape index (κ3) is 4.54. The van der Waals surface area contributed by atoms with Crippen molar-refractivity contribution < 1.29 is 9.59 Å². The molecule has 1 aromatic heterocycles. The van der Waals surface area contributed by atoms with Gasteiger partial charge in [0.2, 0.25) is 11.8 Å². The Labute approximate surface area is 176 Å². The zero-order valence-corrected chi connectivity index (χ0v) is 17.3. The van der Waals surface area contributed by atoms with Crippen LogP contribution in [0.3, 0.4) is 0 Å². The molecular weight excluding hydrogens is 376 g/mol. The summed E-state index contributed by atoms with van der Waals surface area (Å²) in [6.07, 6.45) is 1.88. The molecule has 2 aromatic carbocycles. The summed E-state index contributed by atoms with van der Waals surface area (Å²) in [5, 5.41) is 4.13. The van der Waals surface area contributed by atoms with Crippen LogP contribution in [-0.4, -0.2) is 34.4 Å². The molecule has 0 saturated carbocycles. The number of aromatic nitrogens is 1. The number of nitrogens with one attached hydrogen (secondary N) is 1. The molecule has 3 N–H and O–H groups in total.